The number of phenolic OH excluding ortho intramolecular Hbond substituents is 1. The van der Waals surface area contributed by atoms with Crippen LogP contribution < -0.4 is 4.90 Å². The Morgan fingerprint density at radius 2 is 1.96 bits per heavy atom. The van der Waals surface area contributed by atoms with E-state index in [1.54, 1.807) is 54.4 Å². The van der Waals surface area contributed by atoms with Crippen molar-refractivity contribution in [3.05, 3.63) is 69.1 Å². The molecule has 0 atom stereocenters. The zero-order valence-corrected chi connectivity index (χ0v) is 13.9. The minimum absolute atomic E-state index is 0.0194. The van der Waals surface area contributed by atoms with E-state index in [0.29, 0.717) is 16.3 Å². The summed E-state index contributed by atoms with van der Waals surface area (Å²) in [6.45, 7) is 0. The number of hydrogen-bond donors (Lipinski definition) is 1. The topological polar surface area (TPSA) is 96.0 Å². The molecule has 3 rings (SSSR count). The molecule has 0 aromatic heterocycles. The van der Waals surface area contributed by atoms with E-state index in [2.05, 4.69) is 4.99 Å². The molecular weight excluding hydrogens is 342 g/mol. The third-order valence-electron chi connectivity index (χ3n) is 3.55. The van der Waals surface area contributed by atoms with Crippen LogP contribution in [0.2, 0.25) is 0 Å². The molecule has 0 radical (unpaired) electrons. The Morgan fingerprint density at radius 1 is 1.24 bits per heavy atom. The van der Waals surface area contributed by atoms with Crippen molar-refractivity contribution >= 4 is 40.3 Å². The van der Waals surface area contributed by atoms with Crippen LogP contribution >= 0.6 is 11.8 Å². The lowest BCUT2D eigenvalue weighted by Gasteiger charge is -2.19. The number of phenols is 1. The van der Waals surface area contributed by atoms with E-state index < -0.39 is 4.92 Å². The van der Waals surface area contributed by atoms with Gasteiger partial charge in [-0.1, -0.05) is 12.1 Å². The zero-order valence-electron chi connectivity index (χ0n) is 13.1. The average molecular weight is 355 g/mol. The third-order valence-corrected chi connectivity index (χ3v) is 4.33. The van der Waals surface area contributed by atoms with Gasteiger partial charge in [0.2, 0.25) is 0 Å². The molecule has 1 amide bonds. The summed E-state index contributed by atoms with van der Waals surface area (Å²) in [5.41, 5.74) is 1.34. The fourth-order valence-electron chi connectivity index (χ4n) is 2.32. The molecule has 0 saturated heterocycles. The molecule has 0 spiro atoms. The van der Waals surface area contributed by atoms with E-state index in [9.17, 15) is 20.0 Å². The highest BCUT2D eigenvalue weighted by Gasteiger charge is 2.25. The van der Waals surface area contributed by atoms with Crippen LogP contribution in [-0.2, 0) is 0 Å². The van der Waals surface area contributed by atoms with E-state index in [-0.39, 0.29) is 16.7 Å². The fraction of sp³-hybridized carbons (Fsp3) is 0.0588. The average Bonchev–Trinajstić information content (AvgIpc) is 2.95. The predicted octanol–water partition coefficient (Wildman–Crippen LogP) is 4.04. The first-order valence-electron chi connectivity index (χ1n) is 7.24. The molecule has 7 nitrogen and oxygen atoms in total. The summed E-state index contributed by atoms with van der Waals surface area (Å²) in [4.78, 5) is 28.6. The van der Waals surface area contributed by atoms with Gasteiger partial charge in [-0.15, -0.1) is 0 Å². The van der Waals surface area contributed by atoms with Gasteiger partial charge in [0.05, 0.1) is 9.83 Å². The summed E-state index contributed by atoms with van der Waals surface area (Å²) < 4.78 is 0. The normalized spacial score (nSPS) is 15.3. The second kappa shape index (κ2) is 6.78. The summed E-state index contributed by atoms with van der Waals surface area (Å²) in [6.07, 6.45) is 1.69. The molecule has 8 heteroatoms. The Balaban J connectivity index is 1.94. The lowest BCUT2D eigenvalue weighted by atomic mass is 10.2. The van der Waals surface area contributed by atoms with E-state index >= 15 is 0 Å². The highest BCUT2D eigenvalue weighted by Crippen LogP contribution is 2.33. The summed E-state index contributed by atoms with van der Waals surface area (Å²) in [6, 6.07) is 12.7. The molecule has 0 fully saturated rings. The summed E-state index contributed by atoms with van der Waals surface area (Å²) in [5.74, 6) is 0.593. The van der Waals surface area contributed by atoms with Gasteiger partial charge >= 0.3 is 5.24 Å². The first-order valence-corrected chi connectivity index (χ1v) is 8.05. The Kier molecular flexibility index (Phi) is 4.53. The molecule has 0 unspecified atom stereocenters. The number of benzene rings is 2. The van der Waals surface area contributed by atoms with Crippen molar-refractivity contribution in [2.24, 2.45) is 4.99 Å². The van der Waals surface area contributed by atoms with Crippen molar-refractivity contribution in [1.29, 1.82) is 0 Å². The van der Waals surface area contributed by atoms with E-state index in [1.165, 1.54) is 12.1 Å². The predicted molar refractivity (Wildman–Crippen MR) is 98.0 cm³/mol. The van der Waals surface area contributed by atoms with E-state index in [0.717, 1.165) is 17.4 Å². The Bertz CT molecular complexity index is 906. The van der Waals surface area contributed by atoms with Gasteiger partial charge in [0.15, 0.2) is 5.84 Å². The largest absolute Gasteiger partial charge is 0.508 e. The van der Waals surface area contributed by atoms with Gasteiger partial charge in [-0.05, 0) is 47.7 Å². The van der Waals surface area contributed by atoms with Crippen LogP contribution in [0.3, 0.4) is 0 Å². The van der Waals surface area contributed by atoms with Crippen molar-refractivity contribution in [2.75, 3.05) is 11.9 Å². The lowest BCUT2D eigenvalue weighted by Crippen LogP contribution is -2.25. The molecule has 126 valence electrons. The van der Waals surface area contributed by atoms with Crippen molar-refractivity contribution in [3.8, 4) is 5.75 Å². The number of thioether (sulfide) groups is 1. The van der Waals surface area contributed by atoms with Crippen molar-refractivity contribution in [2.45, 2.75) is 0 Å². The molecule has 0 saturated carbocycles. The highest BCUT2D eigenvalue weighted by molar-refractivity contribution is 8.18. The highest BCUT2D eigenvalue weighted by atomic mass is 32.2. The number of likely N-dealkylation sites (N-methyl/N-ethyl adjacent to an activating group) is 1. The number of aliphatic imine (C=N–C) groups is 1. The number of carbonyl (C=O) groups excluding carboxylic acids is 1. The number of carbonyl (C=O) groups is 1. The van der Waals surface area contributed by atoms with Crippen LogP contribution in [0.25, 0.3) is 6.08 Å². The maximum Gasteiger partial charge on any atom is 0.311 e. The Labute approximate surface area is 147 Å². The first-order chi connectivity index (χ1) is 11.9. The number of amides is 1. The summed E-state index contributed by atoms with van der Waals surface area (Å²) >= 11 is 0.966. The second-order valence-corrected chi connectivity index (χ2v) is 6.23. The Morgan fingerprint density at radius 3 is 2.64 bits per heavy atom. The monoisotopic (exact) mass is 355 g/mol. The van der Waals surface area contributed by atoms with Crippen LogP contribution in [0.4, 0.5) is 16.2 Å². The molecule has 2 aromatic carbocycles. The van der Waals surface area contributed by atoms with Crippen LogP contribution in [-0.4, -0.2) is 28.2 Å². The zero-order chi connectivity index (χ0) is 18.0. The van der Waals surface area contributed by atoms with Crippen LogP contribution in [0.1, 0.15) is 5.56 Å². The molecule has 1 aliphatic heterocycles. The Hall–Kier alpha value is -3.13. The molecule has 1 aliphatic rings. The number of nitro benzene ring substituents is 1. The second-order valence-electron chi connectivity index (χ2n) is 5.24. The molecule has 1 heterocycles. The quantitative estimate of drug-likeness (QED) is 0.659. The first kappa shape index (κ1) is 16.7. The van der Waals surface area contributed by atoms with E-state index in [4.69, 9.17) is 0 Å². The molecule has 0 aliphatic carbocycles. The number of nitro groups is 1. The molecule has 1 N–H and O–H groups in total. The number of amidine groups is 1. The molecular formula is C17H13N3O4S. The number of rotatable bonds is 3. The van der Waals surface area contributed by atoms with Gasteiger partial charge in [-0.3, -0.25) is 14.9 Å². The SMILES string of the molecule is CN(C1=NC(=O)SC1=Cc1cccc([N+](=O)[O-])c1)c1ccc(O)cc1. The van der Waals surface area contributed by atoms with Crippen LogP contribution in [0, 0.1) is 10.1 Å². The van der Waals surface area contributed by atoms with E-state index in [1.807, 2.05) is 0 Å². The number of aromatic hydroxyl groups is 1. The summed E-state index contributed by atoms with van der Waals surface area (Å²) in [5, 5.41) is 19.9. The number of non-ortho nitro benzene ring substituents is 1. The van der Waals surface area contributed by atoms with Gasteiger partial charge in [0.1, 0.15) is 5.75 Å². The maximum absolute atomic E-state index is 11.8. The van der Waals surface area contributed by atoms with Crippen molar-refractivity contribution in [3.63, 3.8) is 0 Å². The molecule has 0 bridgehead atoms. The van der Waals surface area contributed by atoms with Crippen LogP contribution in [0.15, 0.2) is 58.4 Å². The standard InChI is InChI=1S/C17H13N3O4S/c1-19(12-5-7-14(21)8-6-12)16-15(25-17(22)18-16)10-11-3-2-4-13(9-11)20(23)24/h2-10,21H,1H3. The number of nitrogens with zero attached hydrogens (tertiary/aromatic N) is 3. The molecule has 25 heavy (non-hydrogen) atoms. The minimum atomic E-state index is -0.466. The van der Waals surface area contributed by atoms with Gasteiger partial charge in [-0.2, -0.15) is 4.99 Å². The lowest BCUT2D eigenvalue weighted by molar-refractivity contribution is -0.384. The summed E-state index contributed by atoms with van der Waals surface area (Å²) in [7, 11) is 1.76. The van der Waals surface area contributed by atoms with Gasteiger partial charge in [0, 0.05) is 24.9 Å². The fourth-order valence-corrected chi connectivity index (χ4v) is 3.11. The van der Waals surface area contributed by atoms with Crippen molar-refractivity contribution in [1.82, 2.24) is 0 Å². The van der Waals surface area contributed by atoms with Gasteiger partial charge < -0.3 is 10.0 Å². The number of anilines is 1. The molecule has 2 aromatic rings. The van der Waals surface area contributed by atoms with Gasteiger partial charge in [-0.25, -0.2) is 0 Å². The van der Waals surface area contributed by atoms with Crippen molar-refractivity contribution < 1.29 is 14.8 Å². The van der Waals surface area contributed by atoms with Crippen LogP contribution in [0.5, 0.6) is 5.75 Å². The minimum Gasteiger partial charge on any atom is -0.508 e. The van der Waals surface area contributed by atoms with Gasteiger partial charge in [0.25, 0.3) is 5.69 Å². The smallest absolute Gasteiger partial charge is 0.311 e. The third kappa shape index (κ3) is 3.69. The number of hydrogen-bond acceptors (Lipinski definition) is 6. The maximum atomic E-state index is 11.8.